The average Bonchev–Trinajstić information content (AvgIpc) is 3.30. The van der Waals surface area contributed by atoms with E-state index in [9.17, 15) is 4.79 Å². The molecule has 1 fully saturated rings. The molecule has 2 aromatic rings. The monoisotopic (exact) mass is 404 g/mol. The molecule has 2 aromatic heterocycles. The van der Waals surface area contributed by atoms with Gasteiger partial charge in [0.2, 0.25) is 5.91 Å². The van der Waals surface area contributed by atoms with Gasteiger partial charge in [-0.25, -0.2) is 14.6 Å². The fourth-order valence-electron chi connectivity index (χ4n) is 3.70. The maximum atomic E-state index is 12.1. The molecule has 8 heteroatoms. The number of anilines is 1. The first kappa shape index (κ1) is 20.9. The molecule has 2 heterocycles. The van der Waals surface area contributed by atoms with Gasteiger partial charge in [0, 0.05) is 19.0 Å². The largest absolute Gasteiger partial charge is 0.367 e. The van der Waals surface area contributed by atoms with Gasteiger partial charge >= 0.3 is 0 Å². The first-order valence-electron chi connectivity index (χ1n) is 10.5. The SMILES string of the molecule is CCSc1nc(NC(C)C)c2cnn(CCNC(=O)CCC3CCCC3)c2n1. The minimum Gasteiger partial charge on any atom is -0.367 e. The highest BCUT2D eigenvalue weighted by atomic mass is 32.2. The molecule has 1 amide bonds. The van der Waals surface area contributed by atoms with Gasteiger partial charge in [0.15, 0.2) is 10.8 Å². The molecule has 3 rings (SSSR count). The third kappa shape index (κ3) is 5.59. The molecule has 1 aliphatic rings. The van der Waals surface area contributed by atoms with Gasteiger partial charge in [0.25, 0.3) is 0 Å². The summed E-state index contributed by atoms with van der Waals surface area (Å²) in [5.74, 6) is 2.63. The van der Waals surface area contributed by atoms with E-state index in [-0.39, 0.29) is 11.9 Å². The van der Waals surface area contributed by atoms with Crippen LogP contribution in [0, 0.1) is 5.92 Å². The minimum atomic E-state index is 0.141. The highest BCUT2D eigenvalue weighted by Gasteiger charge is 2.17. The Morgan fingerprint density at radius 3 is 2.82 bits per heavy atom. The number of nitrogens with zero attached hydrogens (tertiary/aromatic N) is 4. The van der Waals surface area contributed by atoms with E-state index in [0.717, 1.165) is 40.1 Å². The molecule has 0 bridgehead atoms. The molecule has 0 atom stereocenters. The van der Waals surface area contributed by atoms with Crippen molar-refractivity contribution >= 4 is 34.5 Å². The third-order valence-corrected chi connectivity index (χ3v) is 5.80. The van der Waals surface area contributed by atoms with Crippen molar-refractivity contribution < 1.29 is 4.79 Å². The summed E-state index contributed by atoms with van der Waals surface area (Å²) in [5, 5.41) is 12.6. The Kier molecular flexibility index (Phi) is 7.53. The molecule has 0 aliphatic heterocycles. The molecule has 0 aromatic carbocycles. The molecule has 154 valence electrons. The fraction of sp³-hybridized carbons (Fsp3) is 0.700. The van der Waals surface area contributed by atoms with Crippen molar-refractivity contribution in [1.29, 1.82) is 0 Å². The van der Waals surface area contributed by atoms with Gasteiger partial charge in [-0.3, -0.25) is 4.79 Å². The first-order valence-corrected chi connectivity index (χ1v) is 11.4. The minimum absolute atomic E-state index is 0.141. The van der Waals surface area contributed by atoms with Crippen LogP contribution >= 0.6 is 11.8 Å². The Balaban J connectivity index is 1.60. The van der Waals surface area contributed by atoms with Crippen LogP contribution in [0.25, 0.3) is 11.0 Å². The zero-order valence-corrected chi connectivity index (χ0v) is 18.0. The number of carbonyl (C=O) groups is 1. The Labute approximate surface area is 171 Å². The number of fused-ring (bicyclic) bond motifs is 1. The lowest BCUT2D eigenvalue weighted by Crippen LogP contribution is -2.27. The Hall–Kier alpha value is -1.83. The van der Waals surface area contributed by atoms with Crippen LogP contribution in [0.2, 0.25) is 0 Å². The van der Waals surface area contributed by atoms with Crippen molar-refractivity contribution in [3.63, 3.8) is 0 Å². The molecule has 0 spiro atoms. The number of amides is 1. The summed E-state index contributed by atoms with van der Waals surface area (Å²) in [6.07, 6.45) is 8.69. The van der Waals surface area contributed by atoms with Gasteiger partial charge in [0.1, 0.15) is 5.82 Å². The van der Waals surface area contributed by atoms with Gasteiger partial charge in [-0.05, 0) is 31.9 Å². The van der Waals surface area contributed by atoms with E-state index < -0.39 is 0 Å². The zero-order valence-electron chi connectivity index (χ0n) is 17.2. The molecular formula is C20H32N6OS. The molecule has 2 N–H and O–H groups in total. The second kappa shape index (κ2) is 10.1. The highest BCUT2D eigenvalue weighted by Crippen LogP contribution is 2.28. The summed E-state index contributed by atoms with van der Waals surface area (Å²) in [7, 11) is 0. The van der Waals surface area contributed by atoms with Gasteiger partial charge < -0.3 is 10.6 Å². The number of carbonyl (C=O) groups excluding carboxylic acids is 1. The predicted octanol–water partition coefficient (Wildman–Crippen LogP) is 3.85. The number of thioether (sulfide) groups is 1. The molecule has 0 radical (unpaired) electrons. The Morgan fingerprint density at radius 2 is 2.11 bits per heavy atom. The van der Waals surface area contributed by atoms with E-state index in [1.54, 1.807) is 11.8 Å². The summed E-state index contributed by atoms with van der Waals surface area (Å²) in [5.41, 5.74) is 0.814. The highest BCUT2D eigenvalue weighted by molar-refractivity contribution is 7.99. The van der Waals surface area contributed by atoms with Gasteiger partial charge in [-0.15, -0.1) is 0 Å². The van der Waals surface area contributed by atoms with E-state index >= 15 is 0 Å². The summed E-state index contributed by atoms with van der Waals surface area (Å²) in [6.45, 7) is 7.44. The maximum Gasteiger partial charge on any atom is 0.220 e. The smallest absolute Gasteiger partial charge is 0.220 e. The third-order valence-electron chi connectivity index (χ3n) is 5.07. The van der Waals surface area contributed by atoms with E-state index in [0.29, 0.717) is 19.5 Å². The average molecular weight is 405 g/mol. The summed E-state index contributed by atoms with van der Waals surface area (Å²) < 4.78 is 1.86. The molecule has 0 unspecified atom stereocenters. The van der Waals surface area contributed by atoms with Gasteiger partial charge in [-0.1, -0.05) is 44.4 Å². The van der Waals surface area contributed by atoms with Crippen LogP contribution in [-0.2, 0) is 11.3 Å². The van der Waals surface area contributed by atoms with E-state index in [4.69, 9.17) is 0 Å². The summed E-state index contributed by atoms with van der Waals surface area (Å²) in [4.78, 5) is 21.4. The Bertz CT molecular complexity index is 784. The second-order valence-corrected chi connectivity index (χ2v) is 8.96. The lowest BCUT2D eigenvalue weighted by molar-refractivity contribution is -0.121. The number of rotatable bonds is 10. The number of aromatic nitrogens is 4. The zero-order chi connectivity index (χ0) is 19.9. The van der Waals surface area contributed by atoms with Crippen molar-refractivity contribution in [1.82, 2.24) is 25.1 Å². The summed E-state index contributed by atoms with van der Waals surface area (Å²) in [6, 6.07) is 0.278. The van der Waals surface area contributed by atoms with Crippen LogP contribution < -0.4 is 10.6 Å². The summed E-state index contributed by atoms with van der Waals surface area (Å²) >= 11 is 1.62. The fourth-order valence-corrected chi connectivity index (χ4v) is 4.27. The van der Waals surface area contributed by atoms with Crippen LogP contribution in [0.15, 0.2) is 11.4 Å². The van der Waals surface area contributed by atoms with Crippen molar-refractivity contribution in [3.8, 4) is 0 Å². The Morgan fingerprint density at radius 1 is 1.32 bits per heavy atom. The lowest BCUT2D eigenvalue weighted by atomic mass is 10.0. The lowest BCUT2D eigenvalue weighted by Gasteiger charge is -2.12. The van der Waals surface area contributed by atoms with Crippen LogP contribution in [-0.4, -0.2) is 44.0 Å². The molecule has 28 heavy (non-hydrogen) atoms. The standard InChI is InChI=1S/C20H32N6OS/c1-4-28-20-24-18(23-14(2)3)16-13-22-26(19(16)25-20)12-11-21-17(27)10-9-15-7-5-6-8-15/h13-15H,4-12H2,1-3H3,(H,21,27)(H,23,24,25). The maximum absolute atomic E-state index is 12.1. The van der Waals surface area contributed by atoms with E-state index in [2.05, 4.69) is 46.5 Å². The second-order valence-electron chi connectivity index (χ2n) is 7.73. The molecule has 7 nitrogen and oxygen atoms in total. The number of hydrogen-bond donors (Lipinski definition) is 2. The molecule has 1 saturated carbocycles. The van der Waals surface area contributed by atoms with Crippen LogP contribution in [0.4, 0.5) is 5.82 Å². The number of hydrogen-bond acceptors (Lipinski definition) is 6. The predicted molar refractivity (Wildman–Crippen MR) is 115 cm³/mol. The topological polar surface area (TPSA) is 84.7 Å². The van der Waals surface area contributed by atoms with E-state index in [1.807, 2.05) is 10.9 Å². The van der Waals surface area contributed by atoms with Crippen LogP contribution in [0.1, 0.15) is 59.3 Å². The van der Waals surface area contributed by atoms with Gasteiger partial charge in [0.05, 0.1) is 18.1 Å². The molecule has 0 saturated heterocycles. The van der Waals surface area contributed by atoms with Gasteiger partial charge in [-0.2, -0.15) is 5.10 Å². The quantitative estimate of drug-likeness (QED) is 0.462. The number of nitrogens with one attached hydrogen (secondary N) is 2. The van der Waals surface area contributed by atoms with Crippen molar-refractivity contribution in [2.75, 3.05) is 17.6 Å². The molecular weight excluding hydrogens is 372 g/mol. The first-order chi connectivity index (χ1) is 13.6. The van der Waals surface area contributed by atoms with Crippen LogP contribution in [0.3, 0.4) is 0 Å². The van der Waals surface area contributed by atoms with E-state index in [1.165, 1.54) is 25.7 Å². The molecule has 1 aliphatic carbocycles. The van der Waals surface area contributed by atoms with Crippen molar-refractivity contribution in [3.05, 3.63) is 6.20 Å². The normalized spacial score (nSPS) is 14.9. The van der Waals surface area contributed by atoms with Crippen molar-refractivity contribution in [2.45, 2.75) is 77.0 Å². The van der Waals surface area contributed by atoms with Crippen molar-refractivity contribution in [2.24, 2.45) is 5.92 Å². The van der Waals surface area contributed by atoms with Crippen LogP contribution in [0.5, 0.6) is 0 Å².